The molecule has 8 heteroatoms. The Hall–Kier alpha value is -3.51. The summed E-state index contributed by atoms with van der Waals surface area (Å²) in [7, 11) is 0. The van der Waals surface area contributed by atoms with Gasteiger partial charge in [-0.05, 0) is 47.2 Å². The summed E-state index contributed by atoms with van der Waals surface area (Å²) in [6.45, 7) is 3.49. The molecule has 3 heterocycles. The molecule has 0 radical (unpaired) electrons. The average Bonchev–Trinajstić information content (AvgIpc) is 3.28. The van der Waals surface area contributed by atoms with E-state index in [1.807, 2.05) is 30.3 Å². The lowest BCUT2D eigenvalue weighted by Gasteiger charge is -2.24. The summed E-state index contributed by atoms with van der Waals surface area (Å²) >= 11 is 1.70. The summed E-state index contributed by atoms with van der Waals surface area (Å²) in [5, 5.41) is 7.38. The molecule has 1 N–H and O–H groups in total. The average molecular weight is 445 g/mol. The van der Waals surface area contributed by atoms with Gasteiger partial charge in [0.25, 0.3) is 0 Å². The van der Waals surface area contributed by atoms with E-state index in [0.717, 1.165) is 29.5 Å². The van der Waals surface area contributed by atoms with Gasteiger partial charge < -0.3 is 14.8 Å². The van der Waals surface area contributed by atoms with E-state index in [1.54, 1.807) is 11.3 Å². The zero-order valence-corrected chi connectivity index (χ0v) is 18.0. The molecule has 0 amide bonds. The third kappa shape index (κ3) is 4.70. The van der Waals surface area contributed by atoms with Crippen molar-refractivity contribution in [1.82, 2.24) is 14.9 Å². The fourth-order valence-electron chi connectivity index (χ4n) is 3.47. The van der Waals surface area contributed by atoms with Crippen LogP contribution in [0.2, 0.25) is 0 Å². The lowest BCUT2D eigenvalue weighted by molar-refractivity contribution is -0.128. The lowest BCUT2D eigenvalue weighted by Crippen LogP contribution is -2.36. The molecule has 5 rings (SSSR count). The van der Waals surface area contributed by atoms with Gasteiger partial charge in [-0.2, -0.15) is 9.97 Å². The summed E-state index contributed by atoms with van der Waals surface area (Å²) in [5.74, 6) is 5.26. The molecule has 0 spiro atoms. The number of carbonyl (C=O) groups excluding carboxylic acids is 1. The maximum Gasteiger partial charge on any atom is 0.392 e. The van der Waals surface area contributed by atoms with Gasteiger partial charge in [-0.3, -0.25) is 4.90 Å². The van der Waals surface area contributed by atoms with Crippen molar-refractivity contribution in [2.75, 3.05) is 38.2 Å². The second kappa shape index (κ2) is 9.32. The van der Waals surface area contributed by atoms with Crippen LogP contribution in [0.4, 0.5) is 11.5 Å². The summed E-state index contributed by atoms with van der Waals surface area (Å²) in [6.07, 6.45) is 0. The Bertz CT molecular complexity index is 1340. The van der Waals surface area contributed by atoms with Crippen LogP contribution >= 0.6 is 11.3 Å². The first-order valence-electron chi connectivity index (χ1n) is 10.3. The van der Waals surface area contributed by atoms with Crippen molar-refractivity contribution in [3.8, 4) is 17.9 Å². The Balaban J connectivity index is 1.36. The number of para-hydroxylation sites is 1. The number of nitrogens with zero attached hydrogens (tertiary/aromatic N) is 3. The summed E-state index contributed by atoms with van der Waals surface area (Å²) in [5.41, 5.74) is 1.56. The maximum absolute atomic E-state index is 12.2. The number of thiophene rings is 1. The highest BCUT2D eigenvalue weighted by Crippen LogP contribution is 2.29. The zero-order valence-electron chi connectivity index (χ0n) is 17.2. The second-order valence-electron chi connectivity index (χ2n) is 7.25. The fraction of sp³-hybridized carbons (Fsp3) is 0.208. The molecular formula is C24H20N4O3S. The molecule has 1 saturated heterocycles. The van der Waals surface area contributed by atoms with Crippen LogP contribution in [-0.2, 0) is 9.53 Å². The number of esters is 1. The van der Waals surface area contributed by atoms with Crippen molar-refractivity contribution < 1.29 is 14.3 Å². The first-order chi connectivity index (χ1) is 15.7. The molecule has 1 aliphatic heterocycles. The minimum Gasteiger partial charge on any atom is -0.381 e. The smallest absolute Gasteiger partial charge is 0.381 e. The molecule has 4 aromatic rings. The van der Waals surface area contributed by atoms with Gasteiger partial charge in [0.05, 0.1) is 25.3 Å². The minimum absolute atomic E-state index is 0.0338. The number of benzene rings is 2. The minimum atomic E-state index is -0.681. The Morgan fingerprint density at radius 2 is 2.03 bits per heavy atom. The molecule has 1 fully saturated rings. The van der Waals surface area contributed by atoms with Crippen LogP contribution in [0.25, 0.3) is 21.0 Å². The summed E-state index contributed by atoms with van der Waals surface area (Å²) in [4.78, 5) is 23.2. The highest BCUT2D eigenvalue weighted by Gasteiger charge is 2.12. The Labute approximate surface area is 189 Å². The predicted molar refractivity (Wildman–Crippen MR) is 125 cm³/mol. The van der Waals surface area contributed by atoms with Crippen LogP contribution in [0.3, 0.4) is 0 Å². The molecule has 7 nitrogen and oxygen atoms in total. The Kier molecular flexibility index (Phi) is 5.94. The first-order valence-corrected chi connectivity index (χ1v) is 11.1. The van der Waals surface area contributed by atoms with Crippen LogP contribution in [0.1, 0.15) is 0 Å². The molecule has 0 unspecified atom stereocenters. The Morgan fingerprint density at radius 1 is 1.16 bits per heavy atom. The Morgan fingerprint density at radius 3 is 2.94 bits per heavy atom. The van der Waals surface area contributed by atoms with Crippen LogP contribution in [0.5, 0.6) is 6.01 Å². The number of hydrogen-bond donors (Lipinski definition) is 1. The van der Waals surface area contributed by atoms with E-state index in [2.05, 4.69) is 55.6 Å². The van der Waals surface area contributed by atoms with E-state index in [1.165, 1.54) is 4.70 Å². The van der Waals surface area contributed by atoms with Gasteiger partial charge in [-0.1, -0.05) is 18.1 Å². The summed E-state index contributed by atoms with van der Waals surface area (Å²) in [6, 6.07) is 15.7. The van der Waals surface area contributed by atoms with Gasteiger partial charge in [-0.15, -0.1) is 11.3 Å². The second-order valence-corrected chi connectivity index (χ2v) is 8.20. The topological polar surface area (TPSA) is 76.6 Å². The van der Waals surface area contributed by atoms with Gasteiger partial charge in [-0.25, -0.2) is 4.79 Å². The molecular weight excluding hydrogens is 424 g/mol. The molecule has 0 aliphatic carbocycles. The van der Waals surface area contributed by atoms with Crippen LogP contribution < -0.4 is 10.1 Å². The quantitative estimate of drug-likeness (QED) is 0.291. The number of rotatable bonds is 4. The van der Waals surface area contributed by atoms with E-state index in [4.69, 9.17) is 9.47 Å². The molecule has 0 saturated carbocycles. The van der Waals surface area contributed by atoms with Crippen LogP contribution in [-0.4, -0.2) is 53.7 Å². The number of carbonyl (C=O) groups is 1. The highest BCUT2D eigenvalue weighted by atomic mass is 32.1. The van der Waals surface area contributed by atoms with E-state index in [9.17, 15) is 4.79 Å². The third-order valence-electron chi connectivity index (χ3n) is 5.08. The highest BCUT2D eigenvalue weighted by molar-refractivity contribution is 7.17. The first kappa shape index (κ1) is 20.4. The van der Waals surface area contributed by atoms with Crippen LogP contribution in [0.15, 0.2) is 53.9 Å². The number of aromatic nitrogens is 2. The zero-order chi connectivity index (χ0) is 21.8. The molecule has 0 atom stereocenters. The van der Waals surface area contributed by atoms with E-state index in [0.29, 0.717) is 31.1 Å². The van der Waals surface area contributed by atoms with Gasteiger partial charge in [0, 0.05) is 34.8 Å². The van der Waals surface area contributed by atoms with Crippen molar-refractivity contribution in [2.45, 2.75) is 0 Å². The largest absolute Gasteiger partial charge is 0.392 e. The molecule has 32 heavy (non-hydrogen) atoms. The number of fused-ring (bicyclic) bond motifs is 2. The van der Waals surface area contributed by atoms with Gasteiger partial charge in [0.15, 0.2) is 0 Å². The molecule has 1 aliphatic rings. The number of nitrogens with one attached hydrogen (secondary N) is 1. The van der Waals surface area contributed by atoms with Crippen molar-refractivity contribution in [1.29, 1.82) is 0 Å². The molecule has 160 valence electrons. The molecule has 2 aromatic heterocycles. The fourth-order valence-corrected chi connectivity index (χ4v) is 4.24. The number of ether oxygens (including phenoxy) is 2. The lowest BCUT2D eigenvalue weighted by atomic mass is 10.2. The van der Waals surface area contributed by atoms with Crippen molar-refractivity contribution >= 4 is 49.8 Å². The van der Waals surface area contributed by atoms with Gasteiger partial charge in [0.1, 0.15) is 5.82 Å². The number of anilines is 2. The van der Waals surface area contributed by atoms with Gasteiger partial charge >= 0.3 is 12.0 Å². The van der Waals surface area contributed by atoms with E-state index >= 15 is 0 Å². The van der Waals surface area contributed by atoms with E-state index in [-0.39, 0.29) is 6.01 Å². The van der Waals surface area contributed by atoms with Crippen molar-refractivity contribution in [3.63, 3.8) is 0 Å². The van der Waals surface area contributed by atoms with Crippen molar-refractivity contribution in [2.24, 2.45) is 0 Å². The SMILES string of the molecule is O=C(C#CCN1CCOCC1)Oc1nc(Nc2ccc3sccc3c2)c2ccccc2n1. The third-order valence-corrected chi connectivity index (χ3v) is 5.98. The standard InChI is InChI=1S/C24H20N4O3S/c29-22(6-3-10-28-11-13-30-14-12-28)31-24-26-20-5-2-1-4-19(20)23(27-24)25-18-7-8-21-17(16-18)9-15-32-21/h1-2,4-5,7-9,15-16H,10-14H2,(H,25,26,27). The number of hydrogen-bond acceptors (Lipinski definition) is 8. The van der Waals surface area contributed by atoms with Gasteiger partial charge in [0.2, 0.25) is 0 Å². The molecule has 2 aromatic carbocycles. The number of morpholine rings is 1. The van der Waals surface area contributed by atoms with Crippen LogP contribution in [0, 0.1) is 11.8 Å². The predicted octanol–water partition coefficient (Wildman–Crippen LogP) is 3.83. The van der Waals surface area contributed by atoms with E-state index < -0.39 is 5.97 Å². The molecule has 0 bridgehead atoms. The maximum atomic E-state index is 12.2. The van der Waals surface area contributed by atoms with Crippen molar-refractivity contribution in [3.05, 3.63) is 53.9 Å². The summed E-state index contributed by atoms with van der Waals surface area (Å²) < 4.78 is 11.9. The monoisotopic (exact) mass is 444 g/mol. The normalized spacial score (nSPS) is 14.1.